The summed E-state index contributed by atoms with van der Waals surface area (Å²) in [5.41, 5.74) is 7.86. The Kier molecular flexibility index (Phi) is 3.13. The number of imidazole rings is 1. The highest BCUT2D eigenvalue weighted by molar-refractivity contribution is 8.93. The van der Waals surface area contributed by atoms with Crippen molar-refractivity contribution in [3.63, 3.8) is 0 Å². The monoisotopic (exact) mass is 301 g/mol. The van der Waals surface area contributed by atoms with E-state index < -0.39 is 0 Å². The minimum atomic E-state index is 0. The fourth-order valence-corrected chi connectivity index (χ4v) is 2.04. The molecule has 0 saturated heterocycles. The third-order valence-corrected chi connectivity index (χ3v) is 3.11. The molecule has 0 radical (unpaired) electrons. The predicted molar refractivity (Wildman–Crippen MR) is 72.2 cm³/mol. The SMILES string of the molecule is Br.Nc1nc2cc(Cl)ccc2n1CC1CC1. The molecule has 0 spiro atoms. The smallest absolute Gasteiger partial charge is 0.201 e. The first-order chi connectivity index (χ1) is 7.24. The van der Waals surface area contributed by atoms with Crippen molar-refractivity contribution in [2.24, 2.45) is 5.92 Å². The number of benzene rings is 1. The van der Waals surface area contributed by atoms with Crippen molar-refractivity contribution < 1.29 is 0 Å². The summed E-state index contributed by atoms with van der Waals surface area (Å²) in [5.74, 6) is 1.39. The van der Waals surface area contributed by atoms with Gasteiger partial charge in [0, 0.05) is 11.6 Å². The van der Waals surface area contributed by atoms with Crippen molar-refractivity contribution in [3.8, 4) is 0 Å². The molecule has 0 aliphatic heterocycles. The molecular weight excluding hydrogens is 289 g/mol. The van der Waals surface area contributed by atoms with Crippen molar-refractivity contribution in [3.05, 3.63) is 23.2 Å². The lowest BCUT2D eigenvalue weighted by atomic mass is 10.3. The molecule has 1 aromatic heterocycles. The lowest BCUT2D eigenvalue weighted by Gasteiger charge is -2.04. The first-order valence-electron chi connectivity index (χ1n) is 5.15. The molecule has 1 aromatic carbocycles. The standard InChI is InChI=1S/C11H12ClN3.BrH/c12-8-3-4-10-9(5-8)14-11(13)15(10)6-7-1-2-7;/h3-5,7H,1-2,6H2,(H2,13,14);1H. The zero-order valence-electron chi connectivity index (χ0n) is 8.69. The molecule has 1 saturated carbocycles. The minimum absolute atomic E-state index is 0. The Morgan fingerprint density at radius 1 is 1.44 bits per heavy atom. The second-order valence-corrected chi connectivity index (χ2v) is 4.59. The molecule has 2 N–H and O–H groups in total. The maximum Gasteiger partial charge on any atom is 0.201 e. The molecule has 0 bridgehead atoms. The van der Waals surface area contributed by atoms with E-state index in [0.29, 0.717) is 11.0 Å². The number of hydrogen-bond donors (Lipinski definition) is 1. The number of anilines is 1. The van der Waals surface area contributed by atoms with Crippen LogP contribution in [0.5, 0.6) is 0 Å². The summed E-state index contributed by atoms with van der Waals surface area (Å²) in [6.45, 7) is 0.990. The van der Waals surface area contributed by atoms with Gasteiger partial charge in [0.15, 0.2) is 0 Å². The lowest BCUT2D eigenvalue weighted by Crippen LogP contribution is -2.04. The maximum atomic E-state index is 5.91. The number of rotatable bonds is 2. The van der Waals surface area contributed by atoms with Crippen LogP contribution in [0.25, 0.3) is 11.0 Å². The number of halogens is 2. The van der Waals surface area contributed by atoms with E-state index in [1.165, 1.54) is 12.8 Å². The van der Waals surface area contributed by atoms with Gasteiger partial charge in [-0.2, -0.15) is 0 Å². The summed E-state index contributed by atoms with van der Waals surface area (Å²) in [7, 11) is 0. The summed E-state index contributed by atoms with van der Waals surface area (Å²) in [6, 6.07) is 5.73. The number of hydrogen-bond acceptors (Lipinski definition) is 2. The van der Waals surface area contributed by atoms with Crippen molar-refractivity contribution >= 4 is 45.6 Å². The van der Waals surface area contributed by atoms with Crippen LogP contribution in [0.3, 0.4) is 0 Å². The van der Waals surface area contributed by atoms with Crippen LogP contribution in [0.1, 0.15) is 12.8 Å². The average molecular weight is 303 g/mol. The third-order valence-electron chi connectivity index (χ3n) is 2.88. The fourth-order valence-electron chi connectivity index (χ4n) is 1.87. The molecule has 2 aromatic rings. The summed E-state index contributed by atoms with van der Waals surface area (Å²) in [6.07, 6.45) is 2.62. The predicted octanol–water partition coefficient (Wildman–Crippen LogP) is 3.26. The molecule has 5 heteroatoms. The molecule has 16 heavy (non-hydrogen) atoms. The van der Waals surface area contributed by atoms with Crippen LogP contribution in [0.4, 0.5) is 5.95 Å². The van der Waals surface area contributed by atoms with Crippen LogP contribution in [0.2, 0.25) is 5.02 Å². The molecule has 1 aliphatic rings. The fraction of sp³-hybridized carbons (Fsp3) is 0.364. The zero-order chi connectivity index (χ0) is 10.4. The van der Waals surface area contributed by atoms with E-state index in [1.807, 2.05) is 18.2 Å². The Labute approximate surface area is 109 Å². The van der Waals surface area contributed by atoms with Gasteiger partial charge in [-0.15, -0.1) is 17.0 Å². The van der Waals surface area contributed by atoms with Gasteiger partial charge in [-0.25, -0.2) is 4.98 Å². The van der Waals surface area contributed by atoms with Crippen molar-refractivity contribution in [2.75, 3.05) is 5.73 Å². The topological polar surface area (TPSA) is 43.8 Å². The Morgan fingerprint density at radius 3 is 2.88 bits per heavy atom. The lowest BCUT2D eigenvalue weighted by molar-refractivity contribution is 0.650. The summed E-state index contributed by atoms with van der Waals surface area (Å²) >= 11 is 5.91. The third kappa shape index (κ3) is 2.04. The molecule has 3 nitrogen and oxygen atoms in total. The number of nitrogens with two attached hydrogens (primary N) is 1. The van der Waals surface area contributed by atoms with Gasteiger partial charge in [-0.05, 0) is 37.0 Å². The first kappa shape index (κ1) is 11.7. The highest BCUT2D eigenvalue weighted by atomic mass is 79.9. The number of aromatic nitrogens is 2. The van der Waals surface area contributed by atoms with E-state index in [9.17, 15) is 0 Å². The van der Waals surface area contributed by atoms with Gasteiger partial charge < -0.3 is 10.3 Å². The first-order valence-corrected chi connectivity index (χ1v) is 5.53. The second-order valence-electron chi connectivity index (χ2n) is 4.16. The van der Waals surface area contributed by atoms with Gasteiger partial charge >= 0.3 is 0 Å². The Bertz CT molecular complexity index is 519. The number of fused-ring (bicyclic) bond motifs is 1. The molecule has 86 valence electrons. The van der Waals surface area contributed by atoms with Crippen LogP contribution in [0.15, 0.2) is 18.2 Å². The van der Waals surface area contributed by atoms with Gasteiger partial charge in [0.25, 0.3) is 0 Å². The highest BCUT2D eigenvalue weighted by Crippen LogP contribution is 2.33. The molecule has 0 unspecified atom stereocenters. The number of nitrogens with zero attached hydrogens (tertiary/aromatic N) is 2. The van der Waals surface area contributed by atoms with Gasteiger partial charge in [-0.1, -0.05) is 11.6 Å². The van der Waals surface area contributed by atoms with Crippen molar-refractivity contribution in [2.45, 2.75) is 19.4 Å². The summed E-state index contributed by atoms with van der Waals surface area (Å²) < 4.78 is 2.09. The van der Waals surface area contributed by atoms with E-state index >= 15 is 0 Å². The molecule has 0 amide bonds. The van der Waals surface area contributed by atoms with Crippen LogP contribution >= 0.6 is 28.6 Å². The summed E-state index contributed by atoms with van der Waals surface area (Å²) in [5, 5.41) is 0.707. The van der Waals surface area contributed by atoms with Gasteiger partial charge in [-0.3, -0.25) is 0 Å². The molecule has 1 aliphatic carbocycles. The van der Waals surface area contributed by atoms with E-state index in [4.69, 9.17) is 17.3 Å². The maximum absolute atomic E-state index is 5.91. The quantitative estimate of drug-likeness (QED) is 0.925. The second kappa shape index (κ2) is 4.26. The molecule has 1 fully saturated rings. The Morgan fingerprint density at radius 2 is 2.19 bits per heavy atom. The average Bonchev–Trinajstić information content (AvgIpc) is 2.93. The molecular formula is C11H13BrClN3. The van der Waals surface area contributed by atoms with E-state index in [-0.39, 0.29) is 17.0 Å². The summed E-state index contributed by atoms with van der Waals surface area (Å²) in [4.78, 5) is 4.31. The molecule has 3 rings (SSSR count). The Balaban J connectivity index is 0.000000963. The van der Waals surface area contributed by atoms with Gasteiger partial charge in [0.05, 0.1) is 11.0 Å². The van der Waals surface area contributed by atoms with Crippen LogP contribution in [0, 0.1) is 5.92 Å². The van der Waals surface area contributed by atoms with Crippen molar-refractivity contribution in [1.29, 1.82) is 0 Å². The van der Waals surface area contributed by atoms with Crippen LogP contribution in [-0.4, -0.2) is 9.55 Å². The Hall–Kier alpha value is -0.740. The largest absolute Gasteiger partial charge is 0.369 e. The van der Waals surface area contributed by atoms with E-state index in [0.717, 1.165) is 23.5 Å². The highest BCUT2D eigenvalue weighted by Gasteiger charge is 2.23. The van der Waals surface area contributed by atoms with Crippen molar-refractivity contribution in [1.82, 2.24) is 9.55 Å². The number of nitrogen functional groups attached to an aromatic ring is 1. The molecule has 0 atom stereocenters. The van der Waals surface area contributed by atoms with E-state index in [1.54, 1.807) is 0 Å². The van der Waals surface area contributed by atoms with E-state index in [2.05, 4.69) is 9.55 Å². The minimum Gasteiger partial charge on any atom is -0.369 e. The zero-order valence-corrected chi connectivity index (χ0v) is 11.2. The van der Waals surface area contributed by atoms with Crippen LogP contribution in [-0.2, 0) is 6.54 Å². The van der Waals surface area contributed by atoms with Crippen LogP contribution < -0.4 is 5.73 Å². The normalized spacial score (nSPS) is 15.1. The van der Waals surface area contributed by atoms with Gasteiger partial charge in [0.1, 0.15) is 0 Å². The van der Waals surface area contributed by atoms with Gasteiger partial charge in [0.2, 0.25) is 5.95 Å². The molecule has 1 heterocycles.